The molecule has 0 fully saturated rings. The molecular formula is C24H14Cl2N2O2. The Labute approximate surface area is 182 Å². The van der Waals surface area contributed by atoms with Crippen molar-refractivity contribution >= 4 is 46.2 Å². The maximum atomic E-state index is 6.23. The first kappa shape index (κ1) is 18.7. The Morgan fingerprint density at radius 1 is 0.833 bits per heavy atom. The average molecular weight is 433 g/mol. The molecule has 0 atom stereocenters. The van der Waals surface area contributed by atoms with E-state index in [2.05, 4.69) is 9.98 Å². The van der Waals surface area contributed by atoms with Crippen molar-refractivity contribution in [2.45, 2.75) is 0 Å². The van der Waals surface area contributed by atoms with Crippen LogP contribution in [0.1, 0.15) is 5.76 Å². The molecule has 30 heavy (non-hydrogen) atoms. The molecular weight excluding hydrogens is 419 g/mol. The van der Waals surface area contributed by atoms with E-state index in [1.807, 2.05) is 66.7 Å². The highest BCUT2D eigenvalue weighted by atomic mass is 35.5. The molecule has 0 spiro atoms. The maximum absolute atomic E-state index is 6.23. The second-order valence-electron chi connectivity index (χ2n) is 6.62. The van der Waals surface area contributed by atoms with Crippen LogP contribution in [0, 0.1) is 0 Å². The van der Waals surface area contributed by atoms with Crippen molar-refractivity contribution in [2.75, 3.05) is 0 Å². The SMILES string of the molecule is Clc1ccc2oc(-c3ccc(N=Cc4ccc(-c5ccccc5Cl)o4)cc3)nc2c1. The van der Waals surface area contributed by atoms with E-state index in [0.717, 1.165) is 22.3 Å². The zero-order chi connectivity index (χ0) is 20.5. The lowest BCUT2D eigenvalue weighted by atomic mass is 10.2. The highest BCUT2D eigenvalue weighted by Crippen LogP contribution is 2.30. The van der Waals surface area contributed by atoms with E-state index in [9.17, 15) is 0 Å². The summed E-state index contributed by atoms with van der Waals surface area (Å²) in [6.07, 6.45) is 1.68. The zero-order valence-electron chi connectivity index (χ0n) is 15.5. The Hall–Kier alpha value is -3.34. The number of aromatic nitrogens is 1. The minimum atomic E-state index is 0.540. The summed E-state index contributed by atoms with van der Waals surface area (Å²) in [5, 5.41) is 1.27. The van der Waals surface area contributed by atoms with E-state index >= 15 is 0 Å². The normalized spacial score (nSPS) is 11.5. The second kappa shape index (κ2) is 7.82. The van der Waals surface area contributed by atoms with Gasteiger partial charge in [0.25, 0.3) is 0 Å². The number of fused-ring (bicyclic) bond motifs is 1. The lowest BCUT2D eigenvalue weighted by Gasteiger charge is -1.99. The zero-order valence-corrected chi connectivity index (χ0v) is 17.1. The monoisotopic (exact) mass is 432 g/mol. The third kappa shape index (κ3) is 3.75. The first-order chi connectivity index (χ1) is 14.7. The molecule has 0 aliphatic carbocycles. The Bertz CT molecular complexity index is 1370. The summed E-state index contributed by atoms with van der Waals surface area (Å²) in [4.78, 5) is 8.97. The molecule has 0 saturated heterocycles. The van der Waals surface area contributed by atoms with E-state index < -0.39 is 0 Å². The van der Waals surface area contributed by atoms with E-state index in [1.165, 1.54) is 0 Å². The van der Waals surface area contributed by atoms with Crippen LogP contribution in [0.25, 0.3) is 33.9 Å². The topological polar surface area (TPSA) is 51.5 Å². The van der Waals surface area contributed by atoms with Crippen LogP contribution in [-0.4, -0.2) is 11.2 Å². The molecule has 2 heterocycles. The summed E-state index contributed by atoms with van der Waals surface area (Å²) in [5.41, 5.74) is 3.92. The summed E-state index contributed by atoms with van der Waals surface area (Å²) in [6, 6.07) is 24.3. The van der Waals surface area contributed by atoms with Gasteiger partial charge in [-0.3, -0.25) is 4.99 Å². The molecule has 6 heteroatoms. The predicted molar refractivity (Wildman–Crippen MR) is 121 cm³/mol. The highest BCUT2D eigenvalue weighted by molar-refractivity contribution is 6.33. The van der Waals surface area contributed by atoms with Crippen LogP contribution in [0.4, 0.5) is 5.69 Å². The van der Waals surface area contributed by atoms with Crippen LogP contribution in [0.2, 0.25) is 10.0 Å². The summed E-state index contributed by atoms with van der Waals surface area (Å²) < 4.78 is 11.6. The standard InChI is InChI=1S/C24H14Cl2N2O2/c25-16-7-11-23-21(13-16)28-24(30-23)15-5-8-17(9-6-15)27-14-18-10-12-22(29-18)19-3-1-2-4-20(19)26/h1-14H. The fourth-order valence-corrected chi connectivity index (χ4v) is 3.48. The lowest BCUT2D eigenvalue weighted by Crippen LogP contribution is -1.78. The van der Waals surface area contributed by atoms with E-state index in [-0.39, 0.29) is 0 Å². The van der Waals surface area contributed by atoms with Gasteiger partial charge in [-0.2, -0.15) is 0 Å². The molecule has 0 saturated carbocycles. The van der Waals surface area contributed by atoms with Gasteiger partial charge in [-0.25, -0.2) is 4.98 Å². The van der Waals surface area contributed by atoms with Crippen LogP contribution in [0.3, 0.4) is 0 Å². The summed E-state index contributed by atoms with van der Waals surface area (Å²) in [7, 11) is 0. The van der Waals surface area contributed by atoms with Gasteiger partial charge in [0, 0.05) is 16.1 Å². The van der Waals surface area contributed by atoms with E-state index in [4.69, 9.17) is 32.0 Å². The Morgan fingerprint density at radius 2 is 1.67 bits per heavy atom. The number of nitrogens with zero attached hydrogens (tertiary/aromatic N) is 2. The smallest absolute Gasteiger partial charge is 0.227 e. The van der Waals surface area contributed by atoms with Crippen molar-refractivity contribution in [3.63, 3.8) is 0 Å². The molecule has 146 valence electrons. The molecule has 5 aromatic rings. The van der Waals surface area contributed by atoms with Gasteiger partial charge >= 0.3 is 0 Å². The van der Waals surface area contributed by atoms with E-state index in [1.54, 1.807) is 18.3 Å². The van der Waals surface area contributed by atoms with Crippen molar-refractivity contribution in [1.29, 1.82) is 0 Å². The van der Waals surface area contributed by atoms with E-state index in [0.29, 0.717) is 33.0 Å². The van der Waals surface area contributed by atoms with Crippen molar-refractivity contribution in [1.82, 2.24) is 4.98 Å². The van der Waals surface area contributed by atoms with Crippen molar-refractivity contribution in [3.05, 3.63) is 94.7 Å². The molecule has 0 N–H and O–H groups in total. The van der Waals surface area contributed by atoms with Gasteiger partial charge in [-0.15, -0.1) is 0 Å². The van der Waals surface area contributed by atoms with Crippen molar-refractivity contribution in [2.24, 2.45) is 4.99 Å². The number of rotatable bonds is 4. The second-order valence-corrected chi connectivity index (χ2v) is 7.46. The largest absolute Gasteiger partial charge is 0.455 e. The highest BCUT2D eigenvalue weighted by Gasteiger charge is 2.09. The Balaban J connectivity index is 1.35. The number of benzene rings is 3. The number of hydrogen-bond acceptors (Lipinski definition) is 4. The summed E-state index contributed by atoms with van der Waals surface area (Å²) in [6.45, 7) is 0. The molecule has 5 rings (SSSR count). The first-order valence-corrected chi connectivity index (χ1v) is 9.97. The minimum Gasteiger partial charge on any atom is -0.455 e. The fraction of sp³-hybridized carbons (Fsp3) is 0. The number of oxazole rings is 1. The summed E-state index contributed by atoms with van der Waals surface area (Å²) >= 11 is 12.2. The maximum Gasteiger partial charge on any atom is 0.227 e. The van der Waals surface area contributed by atoms with Crippen LogP contribution in [0.5, 0.6) is 0 Å². The van der Waals surface area contributed by atoms with Gasteiger partial charge in [0.2, 0.25) is 5.89 Å². The fourth-order valence-electron chi connectivity index (χ4n) is 3.08. The molecule has 0 bridgehead atoms. The van der Waals surface area contributed by atoms with Gasteiger partial charge < -0.3 is 8.83 Å². The number of furan rings is 1. The van der Waals surface area contributed by atoms with Crippen LogP contribution < -0.4 is 0 Å². The molecule has 0 aliphatic heterocycles. The molecule has 3 aromatic carbocycles. The van der Waals surface area contributed by atoms with Crippen LogP contribution in [-0.2, 0) is 0 Å². The van der Waals surface area contributed by atoms with Gasteiger partial charge in [-0.05, 0) is 66.7 Å². The minimum absolute atomic E-state index is 0.540. The first-order valence-electron chi connectivity index (χ1n) is 9.21. The van der Waals surface area contributed by atoms with Crippen LogP contribution in [0.15, 0.2) is 92.7 Å². The van der Waals surface area contributed by atoms with Gasteiger partial charge in [-0.1, -0.05) is 35.3 Å². The van der Waals surface area contributed by atoms with Crippen molar-refractivity contribution in [3.8, 4) is 22.8 Å². The third-order valence-electron chi connectivity index (χ3n) is 4.57. The molecule has 2 aromatic heterocycles. The molecule has 0 radical (unpaired) electrons. The van der Waals surface area contributed by atoms with Crippen molar-refractivity contribution < 1.29 is 8.83 Å². The Morgan fingerprint density at radius 3 is 2.50 bits per heavy atom. The van der Waals surface area contributed by atoms with Gasteiger partial charge in [0.05, 0.1) is 16.9 Å². The molecule has 0 amide bonds. The lowest BCUT2D eigenvalue weighted by molar-refractivity contribution is 0.575. The quantitative estimate of drug-likeness (QED) is 0.272. The average Bonchev–Trinajstić information content (AvgIpc) is 3.40. The van der Waals surface area contributed by atoms with Crippen LogP contribution >= 0.6 is 23.2 Å². The predicted octanol–water partition coefficient (Wildman–Crippen LogP) is 7.81. The van der Waals surface area contributed by atoms with Gasteiger partial charge in [0.1, 0.15) is 17.0 Å². The summed E-state index contributed by atoms with van der Waals surface area (Å²) in [5.74, 6) is 1.89. The number of hydrogen-bond donors (Lipinski definition) is 0. The van der Waals surface area contributed by atoms with Gasteiger partial charge in [0.15, 0.2) is 5.58 Å². The molecule has 0 aliphatic rings. The molecule has 4 nitrogen and oxygen atoms in total. The number of aliphatic imine (C=N–C) groups is 1. The Kier molecular flexibility index (Phi) is 4.87. The third-order valence-corrected chi connectivity index (χ3v) is 5.14. The number of halogens is 2. The molecule has 0 unspecified atom stereocenters.